The quantitative estimate of drug-likeness (QED) is 0.863. The van der Waals surface area contributed by atoms with E-state index in [0.29, 0.717) is 6.54 Å². The van der Waals surface area contributed by atoms with E-state index in [4.69, 9.17) is 5.11 Å². The topological polar surface area (TPSA) is 99.1 Å². The number of carbonyl (C=O) groups is 1. The molecule has 0 spiro atoms. The van der Waals surface area contributed by atoms with Gasteiger partial charge in [-0.05, 0) is 20.8 Å². The molecule has 2 aromatic heterocycles. The third-order valence-corrected chi connectivity index (χ3v) is 3.40. The maximum absolute atomic E-state index is 12.3. The highest BCUT2D eigenvalue weighted by Gasteiger charge is 2.21. The maximum Gasteiger partial charge on any atom is 0.332 e. The number of aliphatic carboxylic acids is 1. The van der Waals surface area contributed by atoms with Crippen LogP contribution in [0.25, 0.3) is 11.2 Å². The summed E-state index contributed by atoms with van der Waals surface area (Å²) in [7, 11) is 1.41. The van der Waals surface area contributed by atoms with Crippen molar-refractivity contribution in [2.75, 3.05) is 0 Å². The van der Waals surface area contributed by atoms with Crippen LogP contribution in [0.3, 0.4) is 0 Å². The second-order valence-electron chi connectivity index (χ2n) is 5.13. The van der Waals surface area contributed by atoms with E-state index in [9.17, 15) is 14.4 Å². The van der Waals surface area contributed by atoms with Crippen molar-refractivity contribution in [3.05, 3.63) is 26.7 Å². The van der Waals surface area contributed by atoms with Gasteiger partial charge in [0.15, 0.2) is 11.2 Å². The normalized spacial score (nSPS) is 11.5. The summed E-state index contributed by atoms with van der Waals surface area (Å²) in [5.74, 6) is -0.757. The number of hydrogen-bond donors (Lipinski definition) is 1. The van der Waals surface area contributed by atoms with Crippen LogP contribution in [0.2, 0.25) is 0 Å². The minimum absolute atomic E-state index is 0.190. The summed E-state index contributed by atoms with van der Waals surface area (Å²) >= 11 is 0. The Morgan fingerprint density at radius 3 is 2.43 bits per heavy atom. The summed E-state index contributed by atoms with van der Waals surface area (Å²) in [5.41, 5.74) is -0.399. The summed E-state index contributed by atoms with van der Waals surface area (Å²) in [6, 6.07) is -0.190. The Kier molecular flexibility index (Phi) is 3.71. The van der Waals surface area contributed by atoms with E-state index in [0.717, 1.165) is 4.57 Å². The summed E-state index contributed by atoms with van der Waals surface area (Å²) in [4.78, 5) is 39.8. The smallest absolute Gasteiger partial charge is 0.332 e. The standard InChI is InChI=1S/C13H18N4O4/c1-5-16-8(6-9(18)19)14-11-10(16)12(20)15(4)13(21)17(11)7(2)3/h7H,5-6H2,1-4H3,(H,18,19). The van der Waals surface area contributed by atoms with Crippen LogP contribution in [0, 0.1) is 0 Å². The number of imidazole rings is 1. The summed E-state index contributed by atoms with van der Waals surface area (Å²) in [6.45, 7) is 5.84. The van der Waals surface area contributed by atoms with Gasteiger partial charge in [0.1, 0.15) is 12.2 Å². The predicted molar refractivity (Wildman–Crippen MR) is 76.6 cm³/mol. The Hall–Kier alpha value is -2.38. The molecule has 2 aromatic rings. The van der Waals surface area contributed by atoms with Gasteiger partial charge in [0.05, 0.1) is 0 Å². The van der Waals surface area contributed by atoms with Gasteiger partial charge in [0, 0.05) is 19.6 Å². The molecule has 0 radical (unpaired) electrons. The molecule has 21 heavy (non-hydrogen) atoms. The second kappa shape index (κ2) is 5.19. The van der Waals surface area contributed by atoms with E-state index in [1.807, 2.05) is 13.8 Å². The van der Waals surface area contributed by atoms with Crippen LogP contribution in [0.15, 0.2) is 9.59 Å². The molecule has 0 aliphatic carbocycles. The maximum atomic E-state index is 12.3. The molecule has 2 rings (SSSR count). The average molecular weight is 294 g/mol. The van der Waals surface area contributed by atoms with Crippen molar-refractivity contribution in [1.82, 2.24) is 18.7 Å². The van der Waals surface area contributed by atoms with Gasteiger partial charge in [-0.2, -0.15) is 0 Å². The molecule has 0 aliphatic heterocycles. The number of nitrogens with zero attached hydrogens (tertiary/aromatic N) is 4. The molecule has 2 heterocycles. The van der Waals surface area contributed by atoms with Crippen LogP contribution in [-0.4, -0.2) is 29.8 Å². The number of carboxylic acids is 1. The highest BCUT2D eigenvalue weighted by Crippen LogP contribution is 2.15. The highest BCUT2D eigenvalue weighted by atomic mass is 16.4. The van der Waals surface area contributed by atoms with Gasteiger partial charge in [-0.3, -0.25) is 18.7 Å². The molecular weight excluding hydrogens is 276 g/mol. The molecule has 0 bridgehead atoms. The highest BCUT2D eigenvalue weighted by molar-refractivity contribution is 5.75. The lowest BCUT2D eigenvalue weighted by Crippen LogP contribution is -2.39. The van der Waals surface area contributed by atoms with E-state index < -0.39 is 17.2 Å². The SMILES string of the molecule is CCn1c(CC(=O)O)nc2c1c(=O)n(C)c(=O)n2C(C)C. The van der Waals surface area contributed by atoms with Crippen molar-refractivity contribution in [1.29, 1.82) is 0 Å². The molecule has 0 aromatic carbocycles. The molecule has 114 valence electrons. The van der Waals surface area contributed by atoms with Crippen LogP contribution in [-0.2, 0) is 24.8 Å². The molecule has 0 fully saturated rings. The van der Waals surface area contributed by atoms with E-state index in [-0.39, 0.29) is 29.5 Å². The first-order valence-corrected chi connectivity index (χ1v) is 6.72. The zero-order valence-electron chi connectivity index (χ0n) is 12.5. The lowest BCUT2D eigenvalue weighted by Gasteiger charge is -2.12. The van der Waals surface area contributed by atoms with Crippen molar-refractivity contribution in [2.24, 2.45) is 7.05 Å². The first kappa shape index (κ1) is 15.0. The molecule has 0 aliphatic rings. The van der Waals surface area contributed by atoms with Gasteiger partial charge in [-0.15, -0.1) is 0 Å². The molecule has 0 atom stereocenters. The van der Waals surface area contributed by atoms with E-state index in [1.54, 1.807) is 11.5 Å². The van der Waals surface area contributed by atoms with Crippen LogP contribution in [0.1, 0.15) is 32.6 Å². The van der Waals surface area contributed by atoms with Gasteiger partial charge in [0.25, 0.3) is 5.56 Å². The number of fused-ring (bicyclic) bond motifs is 1. The Balaban J connectivity index is 3.00. The zero-order valence-corrected chi connectivity index (χ0v) is 12.5. The van der Waals surface area contributed by atoms with Gasteiger partial charge in [-0.1, -0.05) is 0 Å². The second-order valence-corrected chi connectivity index (χ2v) is 5.13. The Morgan fingerprint density at radius 2 is 1.95 bits per heavy atom. The summed E-state index contributed by atoms with van der Waals surface area (Å²) in [5, 5.41) is 8.96. The first-order valence-electron chi connectivity index (χ1n) is 6.72. The number of aromatic nitrogens is 4. The Bertz CT molecular complexity index is 825. The van der Waals surface area contributed by atoms with Crippen LogP contribution >= 0.6 is 0 Å². The minimum atomic E-state index is -1.03. The fraction of sp³-hybridized carbons (Fsp3) is 0.538. The fourth-order valence-corrected chi connectivity index (χ4v) is 2.44. The van der Waals surface area contributed by atoms with Crippen LogP contribution in [0.4, 0.5) is 0 Å². The average Bonchev–Trinajstić information content (AvgIpc) is 2.73. The van der Waals surface area contributed by atoms with Crippen molar-refractivity contribution in [3.8, 4) is 0 Å². The minimum Gasteiger partial charge on any atom is -0.481 e. The van der Waals surface area contributed by atoms with Crippen molar-refractivity contribution in [3.63, 3.8) is 0 Å². The van der Waals surface area contributed by atoms with E-state index in [2.05, 4.69) is 4.98 Å². The van der Waals surface area contributed by atoms with Crippen molar-refractivity contribution < 1.29 is 9.90 Å². The molecule has 0 saturated heterocycles. The molecule has 1 N–H and O–H groups in total. The van der Waals surface area contributed by atoms with E-state index in [1.165, 1.54) is 11.6 Å². The molecular formula is C13H18N4O4. The van der Waals surface area contributed by atoms with Crippen molar-refractivity contribution in [2.45, 2.75) is 39.8 Å². The third kappa shape index (κ3) is 2.26. The number of carboxylic acid groups (broad SMARTS) is 1. The zero-order chi connectivity index (χ0) is 15.9. The molecule has 0 amide bonds. The summed E-state index contributed by atoms with van der Waals surface area (Å²) in [6.07, 6.45) is -0.294. The number of aryl methyl sites for hydroxylation is 1. The monoisotopic (exact) mass is 294 g/mol. The van der Waals surface area contributed by atoms with E-state index >= 15 is 0 Å². The molecule has 8 nitrogen and oxygen atoms in total. The largest absolute Gasteiger partial charge is 0.481 e. The van der Waals surface area contributed by atoms with Gasteiger partial charge < -0.3 is 9.67 Å². The lowest BCUT2D eigenvalue weighted by atomic mass is 10.3. The Labute approximate surface area is 120 Å². The lowest BCUT2D eigenvalue weighted by molar-refractivity contribution is -0.136. The number of hydrogen-bond acceptors (Lipinski definition) is 4. The van der Waals surface area contributed by atoms with Crippen LogP contribution in [0.5, 0.6) is 0 Å². The fourth-order valence-electron chi connectivity index (χ4n) is 2.44. The Morgan fingerprint density at radius 1 is 1.33 bits per heavy atom. The molecule has 0 saturated carbocycles. The molecule has 8 heteroatoms. The van der Waals surface area contributed by atoms with Crippen molar-refractivity contribution >= 4 is 17.1 Å². The van der Waals surface area contributed by atoms with Crippen LogP contribution < -0.4 is 11.2 Å². The number of rotatable bonds is 4. The first-order chi connectivity index (χ1) is 9.79. The summed E-state index contributed by atoms with van der Waals surface area (Å²) < 4.78 is 4.00. The van der Waals surface area contributed by atoms with Gasteiger partial charge in [-0.25, -0.2) is 9.78 Å². The van der Waals surface area contributed by atoms with Gasteiger partial charge in [0.2, 0.25) is 0 Å². The molecule has 0 unspecified atom stereocenters. The predicted octanol–water partition coefficient (Wildman–Crippen LogP) is 0.125. The van der Waals surface area contributed by atoms with Gasteiger partial charge >= 0.3 is 11.7 Å². The third-order valence-electron chi connectivity index (χ3n) is 3.40.